The SMILES string of the molecule is COC(=O)[C@H](Cc1ccccc1)NC(=O)[C@H](C[Te]c1ccccc1)NC(=O)OC(C)(C)C. The number of nitrogens with one attached hydrogen (secondary N) is 2. The van der Waals surface area contributed by atoms with Crippen molar-refractivity contribution in [2.75, 3.05) is 7.11 Å². The molecule has 2 aromatic carbocycles. The fraction of sp³-hybridized carbons (Fsp3) is 0.375. The molecule has 0 spiro atoms. The van der Waals surface area contributed by atoms with Crippen molar-refractivity contribution >= 4 is 42.5 Å². The fourth-order valence-corrected chi connectivity index (χ4v) is 5.48. The van der Waals surface area contributed by atoms with Gasteiger partial charge in [-0.15, -0.1) is 0 Å². The van der Waals surface area contributed by atoms with Crippen molar-refractivity contribution in [3.63, 3.8) is 0 Å². The summed E-state index contributed by atoms with van der Waals surface area (Å²) in [5, 5.41) is 5.43. The fourth-order valence-electron chi connectivity index (χ4n) is 2.79. The molecule has 2 N–H and O–H groups in total. The zero-order valence-electron chi connectivity index (χ0n) is 18.8. The van der Waals surface area contributed by atoms with Crippen molar-refractivity contribution in [3.05, 3.63) is 66.2 Å². The minimum absolute atomic E-state index is 0.286. The third kappa shape index (κ3) is 9.29. The summed E-state index contributed by atoms with van der Waals surface area (Å²) in [5.74, 6) is -0.985. The van der Waals surface area contributed by atoms with Gasteiger partial charge in [-0.25, -0.2) is 0 Å². The van der Waals surface area contributed by atoms with E-state index in [1.807, 2.05) is 60.7 Å². The van der Waals surface area contributed by atoms with Crippen LogP contribution in [0.1, 0.15) is 26.3 Å². The van der Waals surface area contributed by atoms with Gasteiger partial charge in [-0.2, -0.15) is 0 Å². The van der Waals surface area contributed by atoms with Crippen molar-refractivity contribution in [3.8, 4) is 0 Å². The number of carbonyl (C=O) groups excluding carboxylic acids is 3. The summed E-state index contributed by atoms with van der Waals surface area (Å²) in [6, 6.07) is 17.5. The number of benzene rings is 2. The average Bonchev–Trinajstić information content (AvgIpc) is 2.75. The van der Waals surface area contributed by atoms with E-state index < -0.39 is 56.6 Å². The molecule has 7 nitrogen and oxygen atoms in total. The molecule has 0 bridgehead atoms. The molecule has 2 atom stereocenters. The first-order valence-corrected chi connectivity index (χ1v) is 13.1. The van der Waals surface area contributed by atoms with Gasteiger partial charge in [0.2, 0.25) is 0 Å². The van der Waals surface area contributed by atoms with Gasteiger partial charge in [0.15, 0.2) is 0 Å². The van der Waals surface area contributed by atoms with E-state index in [2.05, 4.69) is 10.6 Å². The third-order valence-electron chi connectivity index (χ3n) is 4.25. The van der Waals surface area contributed by atoms with Crippen LogP contribution in [-0.4, -0.2) is 63.7 Å². The second kappa shape index (κ2) is 12.5. The Morgan fingerprint density at radius 3 is 2.06 bits per heavy atom. The predicted octanol–water partition coefficient (Wildman–Crippen LogP) is 2.23. The van der Waals surface area contributed by atoms with Gasteiger partial charge in [0, 0.05) is 0 Å². The monoisotopic (exact) mass is 556 g/mol. The van der Waals surface area contributed by atoms with Crippen molar-refractivity contribution in [1.82, 2.24) is 10.6 Å². The van der Waals surface area contributed by atoms with Gasteiger partial charge in [0.1, 0.15) is 0 Å². The second-order valence-electron chi connectivity index (χ2n) is 8.10. The van der Waals surface area contributed by atoms with Gasteiger partial charge >= 0.3 is 200 Å². The zero-order valence-corrected chi connectivity index (χ0v) is 21.1. The Bertz CT molecular complexity index is 884. The molecule has 0 aromatic heterocycles. The van der Waals surface area contributed by atoms with E-state index >= 15 is 0 Å². The molecule has 32 heavy (non-hydrogen) atoms. The Labute approximate surface area is 199 Å². The van der Waals surface area contributed by atoms with Gasteiger partial charge in [0.05, 0.1) is 0 Å². The predicted molar refractivity (Wildman–Crippen MR) is 124 cm³/mol. The number of esters is 1. The quantitative estimate of drug-likeness (QED) is 0.367. The molecule has 2 aromatic rings. The van der Waals surface area contributed by atoms with E-state index in [0.29, 0.717) is 4.47 Å². The molecule has 0 aliphatic rings. The van der Waals surface area contributed by atoms with Crippen LogP contribution in [0.4, 0.5) is 4.79 Å². The van der Waals surface area contributed by atoms with Crippen LogP contribution in [0.2, 0.25) is 4.47 Å². The molecular weight excluding hydrogens is 524 g/mol. The topological polar surface area (TPSA) is 93.7 Å². The van der Waals surface area contributed by atoms with Gasteiger partial charge in [-0.3, -0.25) is 0 Å². The van der Waals surface area contributed by atoms with Gasteiger partial charge in [0.25, 0.3) is 0 Å². The molecule has 0 aliphatic heterocycles. The molecule has 0 fully saturated rings. The minimum atomic E-state index is -0.866. The molecule has 2 rings (SSSR count). The molecule has 0 saturated heterocycles. The summed E-state index contributed by atoms with van der Waals surface area (Å²) in [5.41, 5.74) is 0.196. The molecule has 0 unspecified atom stereocenters. The van der Waals surface area contributed by atoms with Gasteiger partial charge in [-0.05, 0) is 0 Å². The Hall–Kier alpha value is -2.56. The van der Waals surface area contributed by atoms with Crippen molar-refractivity contribution in [1.29, 1.82) is 0 Å². The standard InChI is InChI=1S/C24H30N2O5Te/c1-24(2,3)31-23(29)26-20(16-32-18-13-9-6-10-14-18)21(27)25-19(22(28)30-4)15-17-11-7-5-8-12-17/h5-14,19-20H,15-16H2,1-4H3,(H,25,27)(H,26,29)/t19-,20-/m0/s1. The summed E-state index contributed by atoms with van der Waals surface area (Å²) in [7, 11) is 1.28. The normalized spacial score (nSPS) is 12.9. The van der Waals surface area contributed by atoms with E-state index in [1.54, 1.807) is 20.8 Å². The van der Waals surface area contributed by atoms with E-state index in [0.717, 1.165) is 9.17 Å². The Morgan fingerprint density at radius 1 is 0.906 bits per heavy atom. The summed E-state index contributed by atoms with van der Waals surface area (Å²) in [4.78, 5) is 37.8. The van der Waals surface area contributed by atoms with E-state index in [1.165, 1.54) is 7.11 Å². The maximum atomic E-state index is 13.1. The number of ether oxygens (including phenoxy) is 2. The number of carbonyl (C=O) groups is 3. The van der Waals surface area contributed by atoms with Crippen LogP contribution in [0.15, 0.2) is 60.7 Å². The maximum absolute atomic E-state index is 13.1. The zero-order chi connectivity index (χ0) is 23.6. The molecule has 8 heteroatoms. The molecule has 0 radical (unpaired) electrons. The Kier molecular flexibility index (Phi) is 10.0. The molecule has 2 amide bonds. The number of hydrogen-bond acceptors (Lipinski definition) is 5. The van der Waals surface area contributed by atoms with Crippen LogP contribution < -0.4 is 14.2 Å². The van der Waals surface area contributed by atoms with Crippen LogP contribution in [-0.2, 0) is 25.5 Å². The van der Waals surface area contributed by atoms with Crippen LogP contribution in [0.25, 0.3) is 0 Å². The van der Waals surface area contributed by atoms with Crippen molar-refractivity contribution in [2.45, 2.75) is 49.3 Å². The van der Waals surface area contributed by atoms with Crippen molar-refractivity contribution < 1.29 is 23.9 Å². The first-order valence-electron chi connectivity index (χ1n) is 10.3. The van der Waals surface area contributed by atoms with Crippen LogP contribution in [0.5, 0.6) is 0 Å². The second-order valence-corrected chi connectivity index (χ2v) is 11.2. The summed E-state index contributed by atoms with van der Waals surface area (Å²) >= 11 is -0.759. The van der Waals surface area contributed by atoms with Gasteiger partial charge < -0.3 is 0 Å². The molecular formula is C24H30N2O5Te. The number of alkyl carbamates (subject to hydrolysis) is 1. The third-order valence-corrected chi connectivity index (χ3v) is 7.41. The van der Waals surface area contributed by atoms with Crippen LogP contribution in [0, 0.1) is 0 Å². The van der Waals surface area contributed by atoms with Crippen LogP contribution >= 0.6 is 0 Å². The molecule has 0 saturated carbocycles. The molecule has 0 heterocycles. The number of rotatable bonds is 9. The summed E-state index contributed by atoms with van der Waals surface area (Å²) < 4.78 is 11.9. The van der Waals surface area contributed by atoms with E-state index in [4.69, 9.17) is 9.47 Å². The summed E-state index contributed by atoms with van der Waals surface area (Å²) in [6.45, 7) is 5.27. The van der Waals surface area contributed by atoms with Crippen LogP contribution in [0.3, 0.4) is 0 Å². The number of hydrogen-bond donors (Lipinski definition) is 2. The Morgan fingerprint density at radius 2 is 1.50 bits per heavy atom. The van der Waals surface area contributed by atoms with E-state index in [9.17, 15) is 14.4 Å². The van der Waals surface area contributed by atoms with Crippen molar-refractivity contribution in [2.24, 2.45) is 0 Å². The number of methoxy groups -OCH3 is 1. The Balaban J connectivity index is 2.13. The van der Waals surface area contributed by atoms with E-state index in [-0.39, 0.29) is 6.42 Å². The molecule has 0 aliphatic carbocycles. The first kappa shape index (κ1) is 25.7. The number of amides is 2. The first-order chi connectivity index (χ1) is 15.2. The average molecular weight is 554 g/mol. The molecule has 172 valence electrons. The van der Waals surface area contributed by atoms with Gasteiger partial charge in [-0.1, -0.05) is 0 Å². The summed E-state index contributed by atoms with van der Waals surface area (Å²) in [6.07, 6.45) is -0.385.